The first-order valence-corrected chi connectivity index (χ1v) is 46.2. The molecule has 0 bridgehead atoms. The summed E-state index contributed by atoms with van der Waals surface area (Å²) in [7, 11) is -4.34. The molecule has 0 spiro atoms. The van der Waals surface area contributed by atoms with E-state index < -0.39 is 59.8 Å². The first-order valence-electron chi connectivity index (χ1n) is 39.5. The Bertz CT molecular complexity index is 4370. The fourth-order valence-corrected chi connectivity index (χ4v) is 20.0. The highest BCUT2D eigenvalue weighted by atomic mass is 35.5. The molecule has 0 radical (unpaired) electrons. The normalized spacial score (nSPS) is 16.1. The predicted molar refractivity (Wildman–Crippen MR) is 459 cm³/mol. The molecule has 0 aliphatic carbocycles. The number of rotatable bonds is 52. The molecular formula is C83H107Cl6N9O18S3. The van der Waals surface area contributed by atoms with E-state index in [-0.39, 0.29) is 214 Å². The number of carboxylic acids is 1. The molecule has 3 aliphatic heterocycles. The lowest BCUT2D eigenvalue weighted by atomic mass is 9.71. The van der Waals surface area contributed by atoms with Crippen molar-refractivity contribution in [3.05, 3.63) is 189 Å². The molecule has 3 heterocycles. The van der Waals surface area contributed by atoms with Gasteiger partial charge in [-0.25, -0.2) is 39.4 Å². The second kappa shape index (κ2) is 47.3. The minimum Gasteiger partial charge on any atom is -0.480 e. The van der Waals surface area contributed by atoms with Crippen LogP contribution in [-0.4, -0.2) is 252 Å². The summed E-state index contributed by atoms with van der Waals surface area (Å²) in [4.78, 5) is 74.7. The molecule has 6 aromatic carbocycles. The molecule has 0 fully saturated rings. The highest BCUT2D eigenvalue weighted by Crippen LogP contribution is 2.44. The zero-order valence-corrected chi connectivity index (χ0v) is 74.3. The number of hydrogen-bond acceptors (Lipinski definition) is 21. The van der Waals surface area contributed by atoms with Crippen molar-refractivity contribution in [3.8, 4) is 0 Å². The van der Waals surface area contributed by atoms with Gasteiger partial charge < -0.3 is 58.9 Å². The van der Waals surface area contributed by atoms with Crippen molar-refractivity contribution in [2.45, 2.75) is 110 Å². The number of fused-ring (bicyclic) bond motifs is 3. The van der Waals surface area contributed by atoms with E-state index in [2.05, 4.69) is 39.5 Å². The molecular weight excluding hydrogens is 1720 g/mol. The van der Waals surface area contributed by atoms with Crippen molar-refractivity contribution in [2.75, 3.05) is 173 Å². The van der Waals surface area contributed by atoms with Crippen molar-refractivity contribution in [1.82, 2.24) is 44.4 Å². The Hall–Kier alpha value is -5.86. The van der Waals surface area contributed by atoms with Gasteiger partial charge in [0, 0.05) is 159 Å². The van der Waals surface area contributed by atoms with Gasteiger partial charge in [0.25, 0.3) is 0 Å². The molecule has 36 heteroatoms. The summed E-state index contributed by atoms with van der Waals surface area (Å²) in [6.07, 6.45) is 0.270. The molecule has 0 aromatic heterocycles. The lowest BCUT2D eigenvalue weighted by Crippen LogP contribution is -2.36. The van der Waals surface area contributed by atoms with Gasteiger partial charge in [-0.1, -0.05) is 106 Å². The van der Waals surface area contributed by atoms with Gasteiger partial charge in [-0.3, -0.25) is 28.9 Å². The lowest BCUT2D eigenvalue weighted by molar-refractivity contribution is -0.138. The van der Waals surface area contributed by atoms with Crippen LogP contribution < -0.4 is 24.8 Å². The Labute approximate surface area is 728 Å². The summed E-state index contributed by atoms with van der Waals surface area (Å²) in [5, 5.41) is 18.4. The lowest BCUT2D eigenvalue weighted by Gasteiger charge is -2.34. The number of ketones is 2. The number of carbonyl (C=O) groups excluding carboxylic acids is 4. The summed E-state index contributed by atoms with van der Waals surface area (Å²) in [5.41, 5.74) is 7.01. The summed E-state index contributed by atoms with van der Waals surface area (Å²) in [6.45, 7) is 4.60. The van der Waals surface area contributed by atoms with Crippen LogP contribution in [0.1, 0.15) is 126 Å². The third kappa shape index (κ3) is 30.5. The van der Waals surface area contributed by atoms with Gasteiger partial charge in [-0.2, -0.15) is 0 Å². The summed E-state index contributed by atoms with van der Waals surface area (Å²) in [6, 6.07) is 31.1. The molecule has 0 saturated carbocycles. The minimum absolute atomic E-state index is 0.00693. The zero-order valence-electron chi connectivity index (χ0n) is 67.3. The van der Waals surface area contributed by atoms with Crippen LogP contribution in [0, 0.1) is 5.41 Å². The van der Waals surface area contributed by atoms with Crippen molar-refractivity contribution >= 4 is 129 Å². The molecule has 652 valence electrons. The summed E-state index contributed by atoms with van der Waals surface area (Å²) in [5.74, 6) is -2.93. The second-order valence-corrected chi connectivity index (χ2v) is 38.2. The number of Topliss-reactive ketones (excluding diaryl/α,β-unsaturated/α-hetero) is 2. The van der Waals surface area contributed by atoms with Crippen molar-refractivity contribution < 1.29 is 82.8 Å². The van der Waals surface area contributed by atoms with E-state index in [1.54, 1.807) is 54.6 Å². The van der Waals surface area contributed by atoms with E-state index in [9.17, 15) is 54.3 Å². The standard InChI is InChI=1S/C83H107Cl6N9O18S3/c1-95(56-82(103)104)49-64(100)48-83(19-16-63(99)12-8-27-111-33-34-114-30-24-92-117(105,106)65-13-5-9-57(39-65)71-50-96(2)53-74-68(71)42-60(84)45-77(74)87,20-17-80(101)90-22-28-112-35-37-115-31-25-93-118(107,108)66-14-6-10-58(40-66)72-51-97(3)54-75-69(72)43-61(85)46-78(75)88)21-18-81(102)91-23-29-113-36-38-116-32-26-94-119(109,110)67-15-7-11-59(41-67)73-52-98(4)55-76-70(73)44-62(86)47-79(76)89/h5-7,9-11,13-15,39-47,71-73,92-94H,8,12,16-38,48-56H2,1-4H3,(H,90,101)(H,91,102)(H,103,104)/t71-,72-,73-/m0/s1. The third-order valence-electron chi connectivity index (χ3n) is 20.9. The molecule has 0 saturated heterocycles. The number of aliphatic carboxylic acids is 1. The van der Waals surface area contributed by atoms with Crippen LogP contribution in [0.2, 0.25) is 30.1 Å². The zero-order chi connectivity index (χ0) is 85.9. The molecule has 3 atom stereocenters. The molecule has 119 heavy (non-hydrogen) atoms. The number of carbonyl (C=O) groups is 5. The van der Waals surface area contributed by atoms with Crippen LogP contribution in [-0.2, 0) is 102 Å². The van der Waals surface area contributed by atoms with Crippen LogP contribution in [0.3, 0.4) is 0 Å². The Kier molecular flexibility index (Phi) is 38.5. The molecule has 6 aromatic rings. The van der Waals surface area contributed by atoms with E-state index in [0.717, 1.165) is 50.1 Å². The Morgan fingerprint density at radius 3 is 1.10 bits per heavy atom. The van der Waals surface area contributed by atoms with Crippen molar-refractivity contribution in [1.29, 1.82) is 0 Å². The number of amides is 2. The largest absolute Gasteiger partial charge is 0.480 e. The van der Waals surface area contributed by atoms with Crippen LogP contribution >= 0.6 is 69.6 Å². The van der Waals surface area contributed by atoms with E-state index in [1.165, 1.54) is 30.1 Å². The average Bonchev–Trinajstić information content (AvgIpc) is 0.780. The number of sulfonamides is 3. The summed E-state index contributed by atoms with van der Waals surface area (Å²) >= 11 is 39.0. The first kappa shape index (κ1) is 97.0. The van der Waals surface area contributed by atoms with Gasteiger partial charge in [0.1, 0.15) is 11.6 Å². The fraction of sp³-hybridized carbons (Fsp3) is 0.506. The molecule has 6 N–H and O–H groups in total. The molecule has 9 rings (SSSR count). The van der Waals surface area contributed by atoms with Crippen LogP contribution in [0.5, 0.6) is 0 Å². The number of nitrogens with one attached hydrogen (secondary N) is 5. The first-order chi connectivity index (χ1) is 56.8. The van der Waals surface area contributed by atoms with Crippen LogP contribution in [0.4, 0.5) is 0 Å². The Morgan fingerprint density at radius 1 is 0.429 bits per heavy atom. The maximum atomic E-state index is 14.0. The molecule has 2 amide bonds. The van der Waals surface area contributed by atoms with Gasteiger partial charge in [-0.05, 0) is 182 Å². The van der Waals surface area contributed by atoms with Crippen LogP contribution in [0.15, 0.2) is 124 Å². The van der Waals surface area contributed by atoms with Gasteiger partial charge in [0.15, 0.2) is 0 Å². The Balaban J connectivity index is 0.716. The van der Waals surface area contributed by atoms with E-state index >= 15 is 0 Å². The number of hydrogen-bond donors (Lipinski definition) is 6. The predicted octanol–water partition coefficient (Wildman–Crippen LogP) is 10.6. The number of likely N-dealkylation sites (N-methyl/N-ethyl adjacent to an activating group) is 4. The molecule has 0 unspecified atom stereocenters. The van der Waals surface area contributed by atoms with E-state index in [0.29, 0.717) is 75.8 Å². The van der Waals surface area contributed by atoms with Gasteiger partial charge in [0.2, 0.25) is 41.9 Å². The third-order valence-corrected chi connectivity index (χ3v) is 27.0. The monoisotopic (exact) mass is 1820 g/mol. The molecule has 27 nitrogen and oxygen atoms in total. The number of nitrogens with zero attached hydrogens (tertiary/aromatic N) is 4. The van der Waals surface area contributed by atoms with Gasteiger partial charge in [0.05, 0.1) is 100 Å². The summed E-state index contributed by atoms with van der Waals surface area (Å²) < 4.78 is 123. The highest BCUT2D eigenvalue weighted by Gasteiger charge is 2.37. The molecule has 3 aliphatic rings. The smallest absolute Gasteiger partial charge is 0.317 e. The topological polar surface area (TPSA) is 336 Å². The fourth-order valence-electron chi connectivity index (χ4n) is 15.1. The Morgan fingerprint density at radius 2 is 0.756 bits per heavy atom. The number of carboxylic acid groups (broad SMARTS) is 1. The SMILES string of the molecule is CN(CC(=O)O)CC(=O)CC(CCC(=O)CCCOCCOCCNS(=O)(=O)c1cccc([C@@H]2CN(C)Cc3c(Cl)cc(Cl)cc32)c1)(CCC(=O)NCCOCCOCCNS(=O)(=O)c1cccc([C@@H]2CN(C)Cc3c(Cl)cc(Cl)cc32)c1)CCC(=O)NCCOCCOCCNS(=O)(=O)c1cccc([C@@H]2CN(C)Cc3c(Cl)cc(Cl)cc32)c1. The van der Waals surface area contributed by atoms with Gasteiger partial charge in [-0.15, -0.1) is 0 Å². The number of ether oxygens (including phenoxy) is 6. The van der Waals surface area contributed by atoms with E-state index in [4.69, 9.17) is 98.0 Å². The van der Waals surface area contributed by atoms with Gasteiger partial charge >= 0.3 is 5.97 Å². The number of halogens is 6. The van der Waals surface area contributed by atoms with Crippen LogP contribution in [0.25, 0.3) is 0 Å². The van der Waals surface area contributed by atoms with Crippen molar-refractivity contribution in [3.63, 3.8) is 0 Å². The van der Waals surface area contributed by atoms with Crippen molar-refractivity contribution in [2.24, 2.45) is 5.41 Å². The maximum absolute atomic E-state index is 14.0. The number of benzene rings is 6. The quantitative estimate of drug-likeness (QED) is 0.0193. The maximum Gasteiger partial charge on any atom is 0.317 e. The minimum atomic E-state index is -3.92. The second-order valence-electron chi connectivity index (χ2n) is 30.3. The average molecular weight is 1830 g/mol. The highest BCUT2D eigenvalue weighted by molar-refractivity contribution is 7.90. The van der Waals surface area contributed by atoms with E-state index in [1.807, 2.05) is 57.5 Å².